The van der Waals surface area contributed by atoms with Crippen LogP contribution in [0.5, 0.6) is 0 Å². The molecule has 0 saturated carbocycles. The normalized spacial score (nSPS) is 10.0. The summed E-state index contributed by atoms with van der Waals surface area (Å²) in [4.78, 5) is 11.1. The van der Waals surface area contributed by atoms with E-state index in [9.17, 15) is 4.79 Å². The molecule has 1 aromatic rings. The highest BCUT2D eigenvalue weighted by Crippen LogP contribution is 1.97. The van der Waals surface area contributed by atoms with Crippen molar-refractivity contribution < 1.29 is 9.53 Å². The summed E-state index contributed by atoms with van der Waals surface area (Å²) >= 11 is 0. The van der Waals surface area contributed by atoms with Crippen LogP contribution in [0.1, 0.15) is 17.4 Å². The minimum absolute atomic E-state index is 0.329. The summed E-state index contributed by atoms with van der Waals surface area (Å²) in [5.41, 5.74) is 5.66. The Morgan fingerprint density at radius 1 is 1.77 bits per heavy atom. The molecule has 0 aromatic carbocycles. The van der Waals surface area contributed by atoms with Crippen LogP contribution in [0.15, 0.2) is 12.3 Å². The topological polar surface area (TPSA) is 70.1 Å². The Labute approximate surface area is 76.5 Å². The van der Waals surface area contributed by atoms with Gasteiger partial charge < -0.3 is 10.5 Å². The highest BCUT2D eigenvalue weighted by Gasteiger charge is 2.09. The Kier molecular flexibility index (Phi) is 3.45. The van der Waals surface area contributed by atoms with E-state index in [1.807, 2.05) is 0 Å². The van der Waals surface area contributed by atoms with Crippen molar-refractivity contribution in [3.05, 3.63) is 18.0 Å². The van der Waals surface area contributed by atoms with E-state index in [1.165, 1.54) is 0 Å². The highest BCUT2D eigenvalue weighted by atomic mass is 16.5. The molecule has 13 heavy (non-hydrogen) atoms. The van der Waals surface area contributed by atoms with E-state index >= 15 is 0 Å². The van der Waals surface area contributed by atoms with E-state index < -0.39 is 5.97 Å². The van der Waals surface area contributed by atoms with Gasteiger partial charge in [-0.3, -0.25) is 4.68 Å². The fraction of sp³-hybridized carbons (Fsp3) is 0.500. The Bertz CT molecular complexity index is 283. The molecule has 0 aliphatic rings. The van der Waals surface area contributed by atoms with Crippen LogP contribution in [0.25, 0.3) is 0 Å². The predicted octanol–water partition coefficient (Wildman–Crippen LogP) is 0.0185. The van der Waals surface area contributed by atoms with Crippen molar-refractivity contribution >= 4 is 5.97 Å². The molecule has 1 rings (SSSR count). The first-order valence-corrected chi connectivity index (χ1v) is 4.18. The molecule has 0 atom stereocenters. The van der Waals surface area contributed by atoms with Gasteiger partial charge in [0.1, 0.15) is 0 Å². The van der Waals surface area contributed by atoms with Crippen molar-refractivity contribution in [2.75, 3.05) is 13.2 Å². The lowest BCUT2D eigenvalue weighted by Crippen LogP contribution is -2.12. The Hall–Kier alpha value is -1.36. The van der Waals surface area contributed by atoms with Crippen molar-refractivity contribution in [2.45, 2.75) is 13.5 Å². The van der Waals surface area contributed by atoms with Gasteiger partial charge >= 0.3 is 5.97 Å². The van der Waals surface area contributed by atoms with Crippen molar-refractivity contribution in [1.29, 1.82) is 0 Å². The fourth-order valence-corrected chi connectivity index (χ4v) is 0.932. The molecule has 0 spiro atoms. The second-order valence-corrected chi connectivity index (χ2v) is 2.47. The van der Waals surface area contributed by atoms with Gasteiger partial charge in [0.25, 0.3) is 0 Å². The largest absolute Gasteiger partial charge is 0.461 e. The molecule has 2 N–H and O–H groups in total. The smallest absolute Gasteiger partial charge is 0.358 e. The van der Waals surface area contributed by atoms with Crippen LogP contribution in [0.4, 0.5) is 0 Å². The molecule has 0 radical (unpaired) electrons. The molecule has 5 heteroatoms. The van der Waals surface area contributed by atoms with Crippen LogP contribution < -0.4 is 5.73 Å². The third-order valence-electron chi connectivity index (χ3n) is 1.48. The Balaban J connectivity index is 2.62. The first-order valence-electron chi connectivity index (χ1n) is 4.18. The van der Waals surface area contributed by atoms with Gasteiger partial charge in [-0.25, -0.2) is 4.79 Å². The maximum atomic E-state index is 11.1. The van der Waals surface area contributed by atoms with Crippen LogP contribution in [0.2, 0.25) is 0 Å². The fourth-order valence-electron chi connectivity index (χ4n) is 0.932. The average Bonchev–Trinajstić information content (AvgIpc) is 2.54. The van der Waals surface area contributed by atoms with Gasteiger partial charge in [0, 0.05) is 12.7 Å². The molecule has 0 fully saturated rings. The molecule has 1 heterocycles. The second-order valence-electron chi connectivity index (χ2n) is 2.47. The van der Waals surface area contributed by atoms with Crippen molar-refractivity contribution in [2.24, 2.45) is 5.73 Å². The van der Waals surface area contributed by atoms with Crippen LogP contribution in [-0.4, -0.2) is 28.9 Å². The Morgan fingerprint density at radius 2 is 2.54 bits per heavy atom. The molecule has 0 bridgehead atoms. The number of aromatic nitrogens is 2. The second kappa shape index (κ2) is 4.61. The van der Waals surface area contributed by atoms with Crippen LogP contribution >= 0.6 is 0 Å². The molecule has 0 aliphatic carbocycles. The summed E-state index contributed by atoms with van der Waals surface area (Å²) in [7, 11) is 0. The van der Waals surface area contributed by atoms with Crippen LogP contribution in [0.3, 0.4) is 0 Å². The summed E-state index contributed by atoms with van der Waals surface area (Å²) in [5.74, 6) is -0.390. The summed E-state index contributed by atoms with van der Waals surface area (Å²) in [6.45, 7) is 3.24. The SMILES string of the molecule is CCOC(=O)c1ccn(CCN)n1. The maximum absolute atomic E-state index is 11.1. The number of hydrogen-bond acceptors (Lipinski definition) is 4. The number of ether oxygens (including phenoxy) is 1. The summed E-state index contributed by atoms with van der Waals surface area (Å²) in [5, 5.41) is 3.98. The third kappa shape index (κ3) is 2.55. The molecule has 0 aliphatic heterocycles. The zero-order chi connectivity index (χ0) is 9.68. The summed E-state index contributed by atoms with van der Waals surface area (Å²) in [6, 6.07) is 1.62. The van der Waals surface area contributed by atoms with Gasteiger partial charge in [0.05, 0.1) is 13.2 Å². The minimum Gasteiger partial charge on any atom is -0.461 e. The van der Waals surface area contributed by atoms with Gasteiger partial charge in [-0.2, -0.15) is 5.10 Å². The highest BCUT2D eigenvalue weighted by molar-refractivity contribution is 5.86. The van der Waals surface area contributed by atoms with E-state index in [-0.39, 0.29) is 0 Å². The number of carbonyl (C=O) groups is 1. The summed E-state index contributed by atoms with van der Waals surface area (Å²) < 4.78 is 6.39. The molecule has 72 valence electrons. The molecular weight excluding hydrogens is 170 g/mol. The zero-order valence-electron chi connectivity index (χ0n) is 7.56. The molecule has 5 nitrogen and oxygen atoms in total. The lowest BCUT2D eigenvalue weighted by molar-refractivity contribution is 0.0518. The predicted molar refractivity (Wildman–Crippen MR) is 47.2 cm³/mol. The van der Waals surface area contributed by atoms with E-state index in [0.717, 1.165) is 0 Å². The van der Waals surface area contributed by atoms with Gasteiger partial charge in [-0.05, 0) is 13.0 Å². The van der Waals surface area contributed by atoms with Gasteiger partial charge in [0.2, 0.25) is 0 Å². The van der Waals surface area contributed by atoms with E-state index in [4.69, 9.17) is 10.5 Å². The third-order valence-corrected chi connectivity index (χ3v) is 1.48. The van der Waals surface area contributed by atoms with E-state index in [1.54, 1.807) is 23.9 Å². The number of rotatable bonds is 4. The number of hydrogen-bond donors (Lipinski definition) is 1. The monoisotopic (exact) mass is 183 g/mol. The van der Waals surface area contributed by atoms with Gasteiger partial charge in [-0.1, -0.05) is 0 Å². The number of esters is 1. The lowest BCUT2D eigenvalue weighted by atomic mass is 10.4. The van der Waals surface area contributed by atoms with Crippen molar-refractivity contribution in [3.8, 4) is 0 Å². The summed E-state index contributed by atoms with van der Waals surface area (Å²) in [6.07, 6.45) is 1.71. The molecule has 0 unspecified atom stereocenters. The Morgan fingerprint density at radius 3 is 3.15 bits per heavy atom. The maximum Gasteiger partial charge on any atom is 0.358 e. The molecular formula is C8H13N3O2. The molecule has 0 saturated heterocycles. The standard InChI is InChI=1S/C8H13N3O2/c1-2-13-8(12)7-3-5-11(10-7)6-4-9/h3,5H,2,4,6,9H2,1H3. The van der Waals surface area contributed by atoms with E-state index in [0.29, 0.717) is 25.4 Å². The first kappa shape index (κ1) is 9.73. The number of nitrogens with zero attached hydrogens (tertiary/aromatic N) is 2. The van der Waals surface area contributed by atoms with Crippen LogP contribution in [-0.2, 0) is 11.3 Å². The van der Waals surface area contributed by atoms with Crippen molar-refractivity contribution in [1.82, 2.24) is 9.78 Å². The van der Waals surface area contributed by atoms with Gasteiger partial charge in [-0.15, -0.1) is 0 Å². The number of carbonyl (C=O) groups excluding carboxylic acids is 1. The minimum atomic E-state index is -0.390. The quantitative estimate of drug-likeness (QED) is 0.668. The van der Waals surface area contributed by atoms with Crippen molar-refractivity contribution in [3.63, 3.8) is 0 Å². The number of nitrogens with two attached hydrogens (primary N) is 1. The van der Waals surface area contributed by atoms with E-state index in [2.05, 4.69) is 5.10 Å². The molecule has 1 aromatic heterocycles. The van der Waals surface area contributed by atoms with Crippen LogP contribution in [0, 0.1) is 0 Å². The zero-order valence-corrected chi connectivity index (χ0v) is 7.56. The van der Waals surface area contributed by atoms with Gasteiger partial charge in [0.15, 0.2) is 5.69 Å². The molecule has 0 amide bonds. The average molecular weight is 183 g/mol. The lowest BCUT2D eigenvalue weighted by Gasteiger charge is -1.97. The first-order chi connectivity index (χ1) is 6.27.